The van der Waals surface area contributed by atoms with Gasteiger partial charge in [-0.25, -0.2) is 4.39 Å². The van der Waals surface area contributed by atoms with Crippen LogP contribution >= 0.6 is 0 Å². The van der Waals surface area contributed by atoms with Crippen LogP contribution in [0, 0.1) is 0 Å². The average Bonchev–Trinajstić information content (AvgIpc) is 2.58. The largest absolute Gasteiger partial charge is 0.269 e. The van der Waals surface area contributed by atoms with Crippen molar-refractivity contribution in [2.45, 2.75) is 33.5 Å². The molecule has 0 rings (SSSR count). The Morgan fingerprint density at radius 1 is 1.25 bits per heavy atom. The van der Waals surface area contributed by atoms with E-state index in [0.717, 1.165) is 29.5 Å². The fourth-order valence-corrected chi connectivity index (χ4v) is 1.55. The molecule has 0 aliphatic carbocycles. The molecule has 0 N–H and O–H groups in total. The molecule has 0 aromatic carbocycles. The van der Waals surface area contributed by atoms with Gasteiger partial charge in [-0.05, 0) is 26.8 Å². The first-order chi connectivity index (χ1) is 11.6. The molecule has 0 bridgehead atoms. The number of hydrogen-bond donors (Lipinski definition) is 0. The third-order valence-electron chi connectivity index (χ3n) is 2.77. The second kappa shape index (κ2) is 15.6. The molecule has 0 aliphatic rings. The quantitative estimate of drug-likeness (QED) is 0.219. The van der Waals surface area contributed by atoms with Gasteiger partial charge >= 0.3 is 0 Å². The zero-order valence-electron chi connectivity index (χ0n) is 14.8. The van der Waals surface area contributed by atoms with E-state index in [4.69, 9.17) is 0 Å². The highest BCUT2D eigenvalue weighted by atomic mass is 19.1. The zero-order valence-corrected chi connectivity index (χ0v) is 14.8. The van der Waals surface area contributed by atoms with Gasteiger partial charge < -0.3 is 0 Å². The topological polar surface area (TPSA) is 37.1 Å². The van der Waals surface area contributed by atoms with Crippen LogP contribution in [-0.2, 0) is 0 Å². The molecule has 0 spiro atoms. The summed E-state index contributed by atoms with van der Waals surface area (Å²) in [6.07, 6.45) is 17.7. The summed E-state index contributed by atoms with van der Waals surface area (Å²) < 4.78 is 12.1. The molecule has 0 aliphatic heterocycles. The standard InChI is InChI=1S/C19H26BFN3/c1-5-10-19(15-23-16-21)20-13-17(3)14-24-18(4)11-8-7-9-12-22-6-2/h5-10,12,14-15H,1,11,13,16H2,2-4H3/b8-7?,12-9-,17-14+,19-10+,22-6?,23-15?,24-18?. The molecular formula is C19H26BFN3. The Hall–Kier alpha value is -2.30. The van der Waals surface area contributed by atoms with Gasteiger partial charge in [0.1, 0.15) is 0 Å². The van der Waals surface area contributed by atoms with Crippen LogP contribution < -0.4 is 0 Å². The van der Waals surface area contributed by atoms with Gasteiger partial charge in [0.15, 0.2) is 14.1 Å². The molecule has 0 amide bonds. The minimum Gasteiger partial charge on any atom is -0.269 e. The van der Waals surface area contributed by atoms with E-state index in [2.05, 4.69) is 21.6 Å². The van der Waals surface area contributed by atoms with E-state index in [1.54, 1.807) is 24.6 Å². The van der Waals surface area contributed by atoms with Gasteiger partial charge in [0.05, 0.1) is 0 Å². The second-order valence-corrected chi connectivity index (χ2v) is 4.96. The minimum atomic E-state index is -0.714. The van der Waals surface area contributed by atoms with E-state index in [0.29, 0.717) is 0 Å². The lowest BCUT2D eigenvalue weighted by Gasteiger charge is -2.00. The van der Waals surface area contributed by atoms with Crippen LogP contribution in [0.1, 0.15) is 27.2 Å². The van der Waals surface area contributed by atoms with E-state index < -0.39 is 6.80 Å². The monoisotopic (exact) mass is 326 g/mol. The molecule has 127 valence electrons. The lowest BCUT2D eigenvalue weighted by Crippen LogP contribution is -1.99. The van der Waals surface area contributed by atoms with Gasteiger partial charge in [0.25, 0.3) is 0 Å². The Labute approximate surface area is 146 Å². The molecule has 0 aromatic rings. The Morgan fingerprint density at radius 3 is 2.71 bits per heavy atom. The van der Waals surface area contributed by atoms with Crippen molar-refractivity contribution < 1.29 is 4.39 Å². The summed E-state index contributed by atoms with van der Waals surface area (Å²) >= 11 is 0. The highest BCUT2D eigenvalue weighted by Crippen LogP contribution is 2.05. The van der Waals surface area contributed by atoms with Crippen molar-refractivity contribution in [1.82, 2.24) is 0 Å². The number of rotatable bonds is 11. The zero-order chi connectivity index (χ0) is 18.0. The molecule has 0 saturated carbocycles. The molecule has 0 saturated heterocycles. The molecule has 5 heteroatoms. The summed E-state index contributed by atoms with van der Waals surface area (Å²) in [5.74, 6) is 0. The molecule has 0 heterocycles. The maximum absolute atomic E-state index is 12.1. The summed E-state index contributed by atoms with van der Waals surface area (Å²) in [5.41, 5.74) is 2.97. The van der Waals surface area contributed by atoms with Gasteiger partial charge in [-0.1, -0.05) is 48.2 Å². The summed E-state index contributed by atoms with van der Waals surface area (Å²) in [7, 11) is 1.97. The van der Waals surface area contributed by atoms with E-state index in [-0.39, 0.29) is 0 Å². The molecule has 3 nitrogen and oxygen atoms in total. The van der Waals surface area contributed by atoms with Crippen LogP contribution in [0.15, 0.2) is 75.4 Å². The van der Waals surface area contributed by atoms with E-state index in [9.17, 15) is 4.39 Å². The van der Waals surface area contributed by atoms with E-state index in [1.165, 1.54) is 6.21 Å². The number of alkyl halides is 1. The number of allylic oxidation sites excluding steroid dienone is 7. The predicted molar refractivity (Wildman–Crippen MR) is 107 cm³/mol. The first kappa shape index (κ1) is 21.7. The maximum Gasteiger partial charge on any atom is 0.179 e. The molecule has 0 atom stereocenters. The summed E-state index contributed by atoms with van der Waals surface area (Å²) in [4.78, 5) is 12.0. The van der Waals surface area contributed by atoms with Crippen LogP contribution in [0.5, 0.6) is 0 Å². The van der Waals surface area contributed by atoms with Crippen LogP contribution in [0.4, 0.5) is 4.39 Å². The van der Waals surface area contributed by atoms with Gasteiger partial charge in [0.2, 0.25) is 0 Å². The van der Waals surface area contributed by atoms with Crippen molar-refractivity contribution >= 4 is 25.4 Å². The van der Waals surface area contributed by atoms with Gasteiger partial charge in [-0.3, -0.25) is 15.0 Å². The van der Waals surface area contributed by atoms with Gasteiger partial charge in [-0.15, -0.1) is 0 Å². The molecule has 0 aromatic heterocycles. The normalized spacial score (nSPS) is 14.6. The number of halogens is 1. The first-order valence-electron chi connectivity index (χ1n) is 7.84. The smallest absolute Gasteiger partial charge is 0.179 e. The van der Waals surface area contributed by atoms with Crippen LogP contribution in [0.3, 0.4) is 0 Å². The van der Waals surface area contributed by atoms with Crippen molar-refractivity contribution in [1.29, 1.82) is 0 Å². The fraction of sp³-hybridized carbons (Fsp3) is 0.316. The van der Waals surface area contributed by atoms with Crippen molar-refractivity contribution in [2.24, 2.45) is 15.0 Å². The fourth-order valence-electron chi connectivity index (χ4n) is 1.55. The second-order valence-electron chi connectivity index (χ2n) is 4.96. The number of aliphatic imine (C=N–C) groups is 3. The highest BCUT2D eigenvalue weighted by molar-refractivity contribution is 6.52. The summed E-state index contributed by atoms with van der Waals surface area (Å²) in [5, 5.41) is 0. The minimum absolute atomic E-state index is 0.714. The van der Waals surface area contributed by atoms with Crippen molar-refractivity contribution in [2.75, 3.05) is 6.80 Å². The first-order valence-corrected chi connectivity index (χ1v) is 7.84. The summed E-state index contributed by atoms with van der Waals surface area (Å²) in [6.45, 7) is 8.80. The molecule has 0 unspecified atom stereocenters. The molecule has 24 heavy (non-hydrogen) atoms. The highest BCUT2D eigenvalue weighted by Gasteiger charge is 1.97. The third kappa shape index (κ3) is 13.4. The Kier molecular flexibility index (Phi) is 14.1. The van der Waals surface area contributed by atoms with E-state index >= 15 is 0 Å². The van der Waals surface area contributed by atoms with Crippen molar-refractivity contribution in [3.05, 3.63) is 60.4 Å². The van der Waals surface area contributed by atoms with Gasteiger partial charge in [0, 0.05) is 37.0 Å². The van der Waals surface area contributed by atoms with Gasteiger partial charge in [-0.2, -0.15) is 0 Å². The predicted octanol–water partition coefficient (Wildman–Crippen LogP) is 5.09. The number of nitrogens with zero attached hydrogens (tertiary/aromatic N) is 3. The third-order valence-corrected chi connectivity index (χ3v) is 2.77. The molecular weight excluding hydrogens is 300 g/mol. The van der Waals surface area contributed by atoms with Crippen LogP contribution in [0.2, 0.25) is 6.32 Å². The molecule has 0 fully saturated rings. The SMILES string of the molecule is C=C/C=C(/[B]C/C(C)=C/N=C(C)CC=C/C=C\N=CC)C=NCF. The lowest BCUT2D eigenvalue weighted by molar-refractivity contribution is 0.514. The van der Waals surface area contributed by atoms with Crippen molar-refractivity contribution in [3.63, 3.8) is 0 Å². The maximum atomic E-state index is 12.1. The van der Waals surface area contributed by atoms with Crippen LogP contribution in [0.25, 0.3) is 0 Å². The van der Waals surface area contributed by atoms with Crippen LogP contribution in [-0.4, -0.2) is 32.2 Å². The average molecular weight is 326 g/mol. The number of hydrogen-bond acceptors (Lipinski definition) is 3. The Bertz CT molecular complexity index is 567. The van der Waals surface area contributed by atoms with Crippen molar-refractivity contribution in [3.8, 4) is 0 Å². The van der Waals surface area contributed by atoms with E-state index in [1.807, 2.05) is 52.5 Å². The Morgan fingerprint density at radius 2 is 2.04 bits per heavy atom. The molecule has 1 radical (unpaired) electrons. The lowest BCUT2D eigenvalue weighted by atomic mass is 9.65. The summed E-state index contributed by atoms with van der Waals surface area (Å²) in [6, 6.07) is 0. The Balaban J connectivity index is 4.43.